The number of hydrogen-bond acceptors (Lipinski definition) is 3. The van der Waals surface area contributed by atoms with E-state index in [9.17, 15) is 9.59 Å². The van der Waals surface area contributed by atoms with Gasteiger partial charge in [0.2, 0.25) is 5.91 Å². The Balaban J connectivity index is 2.36. The standard InChI is InChI=1S/C12H15N3O2/c1-8-7-14-12(17)15(11(8)16)10-4-2-3-9(5-10)6-13/h2-5,8H,6-7,13H2,1H3,(H,14,17). The third-order valence-corrected chi connectivity index (χ3v) is 2.81. The van der Waals surface area contributed by atoms with Crippen LogP contribution in [0.4, 0.5) is 10.5 Å². The van der Waals surface area contributed by atoms with Crippen molar-refractivity contribution >= 4 is 17.6 Å². The van der Waals surface area contributed by atoms with E-state index in [0.29, 0.717) is 18.8 Å². The second kappa shape index (κ2) is 4.55. The summed E-state index contributed by atoms with van der Waals surface area (Å²) in [6.45, 7) is 2.57. The Morgan fingerprint density at radius 3 is 2.94 bits per heavy atom. The minimum Gasteiger partial charge on any atom is -0.337 e. The fourth-order valence-electron chi connectivity index (χ4n) is 1.79. The van der Waals surface area contributed by atoms with Gasteiger partial charge in [0.1, 0.15) is 0 Å². The van der Waals surface area contributed by atoms with Crippen LogP contribution in [-0.4, -0.2) is 18.5 Å². The first kappa shape index (κ1) is 11.6. The molecule has 1 aromatic carbocycles. The molecule has 0 aromatic heterocycles. The highest BCUT2D eigenvalue weighted by Gasteiger charge is 2.32. The monoisotopic (exact) mass is 233 g/mol. The Kier molecular flexibility index (Phi) is 3.10. The summed E-state index contributed by atoms with van der Waals surface area (Å²) in [5, 5.41) is 2.68. The number of amides is 3. The summed E-state index contributed by atoms with van der Waals surface area (Å²) < 4.78 is 0. The van der Waals surface area contributed by atoms with Crippen LogP contribution in [0.25, 0.3) is 0 Å². The second-order valence-corrected chi connectivity index (χ2v) is 4.13. The summed E-state index contributed by atoms with van der Waals surface area (Å²) >= 11 is 0. The smallest absolute Gasteiger partial charge is 0.328 e. The maximum absolute atomic E-state index is 12.0. The van der Waals surface area contributed by atoms with Gasteiger partial charge in [0.05, 0.1) is 11.6 Å². The van der Waals surface area contributed by atoms with Crippen LogP contribution in [0.5, 0.6) is 0 Å². The first-order valence-corrected chi connectivity index (χ1v) is 5.54. The van der Waals surface area contributed by atoms with Gasteiger partial charge in [0.25, 0.3) is 0 Å². The molecule has 0 bridgehead atoms. The molecule has 0 aliphatic carbocycles. The van der Waals surface area contributed by atoms with E-state index < -0.39 is 0 Å². The summed E-state index contributed by atoms with van der Waals surface area (Å²) in [6, 6.07) is 6.77. The van der Waals surface area contributed by atoms with Crippen molar-refractivity contribution < 1.29 is 9.59 Å². The Morgan fingerprint density at radius 2 is 2.24 bits per heavy atom. The Labute approximate surface area is 99.6 Å². The molecule has 1 aliphatic rings. The first-order valence-electron chi connectivity index (χ1n) is 5.54. The van der Waals surface area contributed by atoms with Crippen molar-refractivity contribution in [3.63, 3.8) is 0 Å². The molecule has 3 amide bonds. The highest BCUT2D eigenvalue weighted by molar-refractivity contribution is 6.16. The zero-order valence-electron chi connectivity index (χ0n) is 9.64. The lowest BCUT2D eigenvalue weighted by molar-refractivity contribution is -0.121. The number of nitrogens with one attached hydrogen (secondary N) is 1. The fourth-order valence-corrected chi connectivity index (χ4v) is 1.79. The molecule has 1 heterocycles. The van der Waals surface area contributed by atoms with Gasteiger partial charge in [0, 0.05) is 13.1 Å². The molecule has 0 saturated carbocycles. The molecule has 1 atom stereocenters. The Morgan fingerprint density at radius 1 is 1.47 bits per heavy atom. The van der Waals surface area contributed by atoms with Gasteiger partial charge in [0.15, 0.2) is 0 Å². The van der Waals surface area contributed by atoms with Gasteiger partial charge in [-0.2, -0.15) is 0 Å². The lowest BCUT2D eigenvalue weighted by atomic mass is 10.1. The van der Waals surface area contributed by atoms with Gasteiger partial charge >= 0.3 is 6.03 Å². The van der Waals surface area contributed by atoms with E-state index in [1.807, 2.05) is 6.07 Å². The van der Waals surface area contributed by atoms with Crippen LogP contribution in [0.1, 0.15) is 12.5 Å². The lowest BCUT2D eigenvalue weighted by Crippen LogP contribution is -2.54. The second-order valence-electron chi connectivity index (χ2n) is 4.13. The number of rotatable bonds is 2. The summed E-state index contributed by atoms with van der Waals surface area (Å²) in [4.78, 5) is 24.9. The summed E-state index contributed by atoms with van der Waals surface area (Å²) in [7, 11) is 0. The molecule has 5 nitrogen and oxygen atoms in total. The highest BCUT2D eigenvalue weighted by atomic mass is 16.2. The maximum Gasteiger partial charge on any atom is 0.328 e. The number of benzene rings is 1. The average molecular weight is 233 g/mol. The number of nitrogens with zero attached hydrogens (tertiary/aromatic N) is 1. The van der Waals surface area contributed by atoms with E-state index in [-0.39, 0.29) is 17.9 Å². The predicted octanol–water partition coefficient (Wildman–Crippen LogP) is 0.838. The largest absolute Gasteiger partial charge is 0.337 e. The predicted molar refractivity (Wildman–Crippen MR) is 64.4 cm³/mol. The molecule has 0 spiro atoms. The third-order valence-electron chi connectivity index (χ3n) is 2.81. The summed E-state index contributed by atoms with van der Waals surface area (Å²) in [6.07, 6.45) is 0. The van der Waals surface area contributed by atoms with E-state index in [4.69, 9.17) is 5.73 Å². The number of anilines is 1. The molecule has 2 rings (SSSR count). The van der Waals surface area contributed by atoms with Crippen LogP contribution in [0.3, 0.4) is 0 Å². The molecular formula is C12H15N3O2. The van der Waals surface area contributed by atoms with Crippen molar-refractivity contribution in [2.75, 3.05) is 11.4 Å². The number of imide groups is 1. The quantitative estimate of drug-likeness (QED) is 0.794. The number of carbonyl (C=O) groups is 2. The van der Waals surface area contributed by atoms with Crippen molar-refractivity contribution in [1.82, 2.24) is 5.32 Å². The van der Waals surface area contributed by atoms with E-state index in [1.165, 1.54) is 4.90 Å². The highest BCUT2D eigenvalue weighted by Crippen LogP contribution is 2.20. The molecule has 3 N–H and O–H groups in total. The van der Waals surface area contributed by atoms with E-state index >= 15 is 0 Å². The molecule has 90 valence electrons. The van der Waals surface area contributed by atoms with Gasteiger partial charge in [-0.25, -0.2) is 9.69 Å². The zero-order chi connectivity index (χ0) is 12.4. The van der Waals surface area contributed by atoms with Crippen LogP contribution in [-0.2, 0) is 11.3 Å². The van der Waals surface area contributed by atoms with Crippen molar-refractivity contribution in [3.05, 3.63) is 29.8 Å². The Hall–Kier alpha value is -1.88. The van der Waals surface area contributed by atoms with Crippen LogP contribution in [0.15, 0.2) is 24.3 Å². The minimum absolute atomic E-state index is 0.178. The van der Waals surface area contributed by atoms with E-state index in [1.54, 1.807) is 25.1 Å². The lowest BCUT2D eigenvalue weighted by Gasteiger charge is -2.29. The number of urea groups is 1. The van der Waals surface area contributed by atoms with Gasteiger partial charge in [-0.05, 0) is 17.7 Å². The molecule has 1 fully saturated rings. The van der Waals surface area contributed by atoms with E-state index in [2.05, 4.69) is 5.32 Å². The number of hydrogen-bond donors (Lipinski definition) is 2. The molecule has 1 unspecified atom stereocenters. The Bertz CT molecular complexity index is 459. The molecule has 17 heavy (non-hydrogen) atoms. The first-order chi connectivity index (χ1) is 8.13. The van der Waals surface area contributed by atoms with Crippen molar-refractivity contribution in [2.24, 2.45) is 11.7 Å². The van der Waals surface area contributed by atoms with Crippen molar-refractivity contribution in [1.29, 1.82) is 0 Å². The van der Waals surface area contributed by atoms with Crippen LogP contribution < -0.4 is 16.0 Å². The molecule has 1 saturated heterocycles. The molecular weight excluding hydrogens is 218 g/mol. The average Bonchev–Trinajstić information content (AvgIpc) is 2.35. The van der Waals surface area contributed by atoms with Crippen LogP contribution >= 0.6 is 0 Å². The van der Waals surface area contributed by atoms with Gasteiger partial charge in [-0.1, -0.05) is 19.1 Å². The van der Waals surface area contributed by atoms with Crippen molar-refractivity contribution in [3.8, 4) is 0 Å². The van der Waals surface area contributed by atoms with Gasteiger partial charge in [-0.3, -0.25) is 4.79 Å². The maximum atomic E-state index is 12.0. The summed E-state index contributed by atoms with van der Waals surface area (Å²) in [5.41, 5.74) is 7.00. The van der Waals surface area contributed by atoms with Crippen LogP contribution in [0.2, 0.25) is 0 Å². The zero-order valence-corrected chi connectivity index (χ0v) is 9.64. The molecule has 5 heteroatoms. The number of nitrogens with two attached hydrogens (primary N) is 1. The van der Waals surface area contributed by atoms with Gasteiger partial charge < -0.3 is 11.1 Å². The molecule has 1 aromatic rings. The SMILES string of the molecule is CC1CNC(=O)N(c2cccc(CN)c2)C1=O. The van der Waals surface area contributed by atoms with Crippen LogP contribution in [0, 0.1) is 5.92 Å². The topological polar surface area (TPSA) is 75.4 Å². The third kappa shape index (κ3) is 2.14. The minimum atomic E-state index is -0.373. The molecule has 0 radical (unpaired) electrons. The van der Waals surface area contributed by atoms with E-state index in [0.717, 1.165) is 5.56 Å². The normalized spacial score (nSPS) is 20.4. The van der Waals surface area contributed by atoms with Crippen molar-refractivity contribution in [2.45, 2.75) is 13.5 Å². The number of carbonyl (C=O) groups excluding carboxylic acids is 2. The molecule has 1 aliphatic heterocycles. The summed E-state index contributed by atoms with van der Waals surface area (Å²) in [5.74, 6) is -0.378. The fraction of sp³-hybridized carbons (Fsp3) is 0.333. The van der Waals surface area contributed by atoms with Gasteiger partial charge in [-0.15, -0.1) is 0 Å².